The molecule has 5 nitrogen and oxygen atoms in total. The Bertz CT molecular complexity index is 741. The predicted octanol–water partition coefficient (Wildman–Crippen LogP) is 2.40. The summed E-state index contributed by atoms with van der Waals surface area (Å²) in [6.45, 7) is 4.33. The summed E-state index contributed by atoms with van der Waals surface area (Å²) in [6.07, 6.45) is 1.78. The van der Waals surface area contributed by atoms with Crippen molar-refractivity contribution in [3.63, 3.8) is 0 Å². The highest BCUT2D eigenvalue weighted by molar-refractivity contribution is 5.64. The van der Waals surface area contributed by atoms with Gasteiger partial charge in [0.2, 0.25) is 0 Å². The van der Waals surface area contributed by atoms with Gasteiger partial charge in [-0.2, -0.15) is 9.78 Å². The van der Waals surface area contributed by atoms with E-state index in [0.717, 1.165) is 28.2 Å². The largest absolute Gasteiger partial charge is 0.326 e. The van der Waals surface area contributed by atoms with E-state index in [9.17, 15) is 0 Å². The van der Waals surface area contributed by atoms with E-state index < -0.39 is 0 Å². The van der Waals surface area contributed by atoms with Crippen molar-refractivity contribution in [2.45, 2.75) is 20.4 Å². The quantitative estimate of drug-likeness (QED) is 0.799. The molecule has 0 saturated carbocycles. The van der Waals surface area contributed by atoms with Crippen LogP contribution in [-0.2, 0) is 6.54 Å². The van der Waals surface area contributed by atoms with Gasteiger partial charge in [-0.25, -0.2) is 9.97 Å². The average Bonchev–Trinajstić information content (AvgIpc) is 2.91. The van der Waals surface area contributed by atoms with Crippen LogP contribution in [0.25, 0.3) is 17.2 Å². The maximum Gasteiger partial charge on any atom is 0.251 e. The molecule has 0 amide bonds. The van der Waals surface area contributed by atoms with Crippen LogP contribution in [0.4, 0.5) is 0 Å². The van der Waals surface area contributed by atoms with E-state index in [0.29, 0.717) is 12.5 Å². The summed E-state index contributed by atoms with van der Waals surface area (Å²) in [6, 6.07) is 12.0. The van der Waals surface area contributed by atoms with Crippen LogP contribution in [-0.4, -0.2) is 19.7 Å². The molecule has 3 aromatic rings. The topological polar surface area (TPSA) is 69.6 Å². The normalized spacial score (nSPS) is 10.8. The van der Waals surface area contributed by atoms with Gasteiger partial charge in [-0.3, -0.25) is 0 Å². The first-order chi connectivity index (χ1) is 10.2. The van der Waals surface area contributed by atoms with Gasteiger partial charge in [0.05, 0.1) is 11.9 Å². The minimum atomic E-state index is 0.426. The Morgan fingerprint density at radius 1 is 1.05 bits per heavy atom. The number of aryl methyl sites for hydroxylation is 2. The minimum absolute atomic E-state index is 0.426. The van der Waals surface area contributed by atoms with Gasteiger partial charge in [0.25, 0.3) is 5.95 Å². The Hall–Kier alpha value is -2.53. The fourth-order valence-corrected chi connectivity index (χ4v) is 2.39. The summed E-state index contributed by atoms with van der Waals surface area (Å²) < 4.78 is 1.76. The third-order valence-corrected chi connectivity index (χ3v) is 3.27. The van der Waals surface area contributed by atoms with Gasteiger partial charge >= 0.3 is 0 Å². The molecule has 21 heavy (non-hydrogen) atoms. The number of aromatic nitrogens is 4. The molecule has 2 aromatic heterocycles. The summed E-state index contributed by atoms with van der Waals surface area (Å²) >= 11 is 0. The number of rotatable bonds is 3. The van der Waals surface area contributed by atoms with Crippen LogP contribution < -0.4 is 5.73 Å². The molecule has 0 unspecified atom stereocenters. The first-order valence-corrected chi connectivity index (χ1v) is 6.84. The molecule has 1 aromatic carbocycles. The Balaban J connectivity index is 2.22. The van der Waals surface area contributed by atoms with Crippen LogP contribution in [0.3, 0.4) is 0 Å². The van der Waals surface area contributed by atoms with Crippen molar-refractivity contribution in [1.29, 1.82) is 0 Å². The zero-order valence-electron chi connectivity index (χ0n) is 12.1. The molecule has 3 rings (SSSR count). The lowest BCUT2D eigenvalue weighted by Gasteiger charge is -2.09. The van der Waals surface area contributed by atoms with Crippen molar-refractivity contribution >= 4 is 0 Å². The summed E-state index contributed by atoms with van der Waals surface area (Å²) in [7, 11) is 0. The Kier molecular flexibility index (Phi) is 3.50. The predicted molar refractivity (Wildman–Crippen MR) is 82.0 cm³/mol. The Morgan fingerprint density at radius 3 is 2.33 bits per heavy atom. The fourth-order valence-electron chi connectivity index (χ4n) is 2.39. The van der Waals surface area contributed by atoms with E-state index in [-0.39, 0.29) is 0 Å². The molecule has 0 bridgehead atoms. The maximum atomic E-state index is 5.85. The molecule has 5 heteroatoms. The molecular weight excluding hydrogens is 262 g/mol. The lowest BCUT2D eigenvalue weighted by atomic mass is 10.1. The van der Waals surface area contributed by atoms with E-state index in [4.69, 9.17) is 5.73 Å². The average molecular weight is 279 g/mol. The fraction of sp³-hybridized carbons (Fsp3) is 0.188. The van der Waals surface area contributed by atoms with Crippen LogP contribution in [0.1, 0.15) is 17.0 Å². The smallest absolute Gasteiger partial charge is 0.251 e. The lowest BCUT2D eigenvalue weighted by molar-refractivity contribution is 0.799. The molecule has 0 fully saturated rings. The summed E-state index contributed by atoms with van der Waals surface area (Å²) in [4.78, 5) is 8.97. The number of hydrogen-bond acceptors (Lipinski definition) is 4. The number of benzene rings is 1. The molecule has 106 valence electrons. The van der Waals surface area contributed by atoms with E-state index >= 15 is 0 Å². The zero-order chi connectivity index (χ0) is 14.8. The SMILES string of the molecule is Cc1cc(C)nc(-n2ncc(CN)c2-c2ccccc2)n1. The minimum Gasteiger partial charge on any atom is -0.326 e. The molecule has 0 spiro atoms. The number of nitrogens with two attached hydrogens (primary N) is 1. The third-order valence-electron chi connectivity index (χ3n) is 3.27. The number of hydrogen-bond donors (Lipinski definition) is 1. The van der Waals surface area contributed by atoms with Crippen LogP contribution in [0.5, 0.6) is 0 Å². The van der Waals surface area contributed by atoms with Gasteiger partial charge in [0.15, 0.2) is 0 Å². The summed E-state index contributed by atoms with van der Waals surface area (Å²) in [5, 5.41) is 4.43. The maximum absolute atomic E-state index is 5.85. The van der Waals surface area contributed by atoms with E-state index in [1.54, 1.807) is 10.9 Å². The van der Waals surface area contributed by atoms with Crippen molar-refractivity contribution in [1.82, 2.24) is 19.7 Å². The third kappa shape index (κ3) is 2.55. The van der Waals surface area contributed by atoms with E-state index in [2.05, 4.69) is 15.1 Å². The van der Waals surface area contributed by atoms with Gasteiger partial charge in [-0.05, 0) is 19.9 Å². The number of nitrogens with zero attached hydrogens (tertiary/aromatic N) is 4. The van der Waals surface area contributed by atoms with Crippen LogP contribution in [0, 0.1) is 13.8 Å². The van der Waals surface area contributed by atoms with Crippen LogP contribution in [0.15, 0.2) is 42.6 Å². The standard InChI is InChI=1S/C16H17N5/c1-11-8-12(2)20-16(19-11)21-15(14(9-17)10-18-21)13-6-4-3-5-7-13/h3-8,10H,9,17H2,1-2H3. The first-order valence-electron chi connectivity index (χ1n) is 6.84. The second kappa shape index (κ2) is 5.46. The molecule has 0 saturated heterocycles. The molecular formula is C16H17N5. The Labute approximate surface area is 123 Å². The monoisotopic (exact) mass is 279 g/mol. The highest BCUT2D eigenvalue weighted by Gasteiger charge is 2.15. The molecule has 0 aliphatic carbocycles. The van der Waals surface area contributed by atoms with Crippen LogP contribution in [0.2, 0.25) is 0 Å². The molecule has 2 heterocycles. The van der Waals surface area contributed by atoms with Crippen molar-refractivity contribution in [3.05, 3.63) is 59.5 Å². The lowest BCUT2D eigenvalue weighted by Crippen LogP contribution is -2.08. The Morgan fingerprint density at radius 2 is 1.71 bits per heavy atom. The molecule has 2 N–H and O–H groups in total. The van der Waals surface area contributed by atoms with Crippen molar-refractivity contribution in [2.24, 2.45) is 5.73 Å². The van der Waals surface area contributed by atoms with Gasteiger partial charge in [0.1, 0.15) is 0 Å². The van der Waals surface area contributed by atoms with Crippen molar-refractivity contribution in [3.8, 4) is 17.2 Å². The van der Waals surface area contributed by atoms with Gasteiger partial charge in [-0.1, -0.05) is 30.3 Å². The van der Waals surface area contributed by atoms with Gasteiger partial charge in [-0.15, -0.1) is 0 Å². The zero-order valence-corrected chi connectivity index (χ0v) is 12.1. The van der Waals surface area contributed by atoms with Crippen LogP contribution >= 0.6 is 0 Å². The van der Waals surface area contributed by atoms with Gasteiger partial charge in [0, 0.05) is 29.1 Å². The summed E-state index contributed by atoms with van der Waals surface area (Å²) in [5.74, 6) is 0.575. The van der Waals surface area contributed by atoms with Crippen molar-refractivity contribution < 1.29 is 0 Å². The second-order valence-corrected chi connectivity index (χ2v) is 4.95. The molecule has 0 radical (unpaired) electrons. The second-order valence-electron chi connectivity index (χ2n) is 4.95. The summed E-state index contributed by atoms with van der Waals surface area (Å²) in [5.41, 5.74) is 10.7. The highest BCUT2D eigenvalue weighted by atomic mass is 15.3. The molecule has 0 atom stereocenters. The van der Waals surface area contributed by atoms with Crippen molar-refractivity contribution in [2.75, 3.05) is 0 Å². The van der Waals surface area contributed by atoms with E-state index in [1.807, 2.05) is 50.2 Å². The molecule has 0 aliphatic rings. The van der Waals surface area contributed by atoms with E-state index in [1.165, 1.54) is 0 Å². The highest BCUT2D eigenvalue weighted by Crippen LogP contribution is 2.25. The first kappa shape index (κ1) is 13.5. The molecule has 0 aliphatic heterocycles. The van der Waals surface area contributed by atoms with Gasteiger partial charge < -0.3 is 5.73 Å².